The summed E-state index contributed by atoms with van der Waals surface area (Å²) in [6.07, 6.45) is 4.99. The van der Waals surface area contributed by atoms with E-state index in [4.69, 9.17) is 14.7 Å². The molecule has 31 heavy (non-hydrogen) atoms. The summed E-state index contributed by atoms with van der Waals surface area (Å²) in [5, 5.41) is 3.46. The fourth-order valence-corrected chi connectivity index (χ4v) is 4.08. The highest BCUT2D eigenvalue weighted by atomic mass is 16.5. The molecule has 0 spiro atoms. The molecule has 7 nitrogen and oxygen atoms in total. The van der Waals surface area contributed by atoms with Crippen molar-refractivity contribution < 1.29 is 4.74 Å². The first-order valence-electron chi connectivity index (χ1n) is 11.0. The fourth-order valence-electron chi connectivity index (χ4n) is 4.08. The number of anilines is 1. The lowest BCUT2D eigenvalue weighted by molar-refractivity contribution is 0.367. The number of aromatic nitrogens is 2. The van der Waals surface area contributed by atoms with Gasteiger partial charge < -0.3 is 24.3 Å². The standard InChI is InChI=1S/C24H32N6O/c1-4-25-24(26-12-11-20-18-30-13-7-8-19(2)23(30)27-20)29-16-14-28(15-17-29)21-9-5-6-10-22(21)31-3/h5-10,13,18H,4,11-12,14-17H2,1-3H3,(H,25,26). The number of nitrogens with one attached hydrogen (secondary N) is 1. The number of aliphatic imine (C=N–C) groups is 1. The molecule has 0 radical (unpaired) electrons. The van der Waals surface area contributed by atoms with Gasteiger partial charge in [0.15, 0.2) is 5.96 Å². The average Bonchev–Trinajstić information content (AvgIpc) is 3.23. The Hall–Kier alpha value is -3.22. The topological polar surface area (TPSA) is 57.4 Å². The number of imidazole rings is 1. The third-order valence-electron chi connectivity index (χ3n) is 5.70. The van der Waals surface area contributed by atoms with Gasteiger partial charge in [0.1, 0.15) is 11.4 Å². The van der Waals surface area contributed by atoms with E-state index in [1.165, 1.54) is 5.56 Å². The lowest BCUT2D eigenvalue weighted by atomic mass is 10.2. The van der Waals surface area contributed by atoms with Crippen LogP contribution in [0, 0.1) is 6.92 Å². The largest absolute Gasteiger partial charge is 0.495 e. The number of fused-ring (bicyclic) bond motifs is 1. The van der Waals surface area contributed by atoms with Crippen LogP contribution in [0.2, 0.25) is 0 Å². The molecule has 1 aromatic carbocycles. The number of methoxy groups -OCH3 is 1. The molecule has 1 saturated heterocycles. The van der Waals surface area contributed by atoms with Gasteiger partial charge >= 0.3 is 0 Å². The lowest BCUT2D eigenvalue weighted by Crippen LogP contribution is -2.52. The number of hydrogen-bond donors (Lipinski definition) is 1. The van der Waals surface area contributed by atoms with Crippen LogP contribution in [0.4, 0.5) is 5.69 Å². The van der Waals surface area contributed by atoms with Crippen LogP contribution < -0.4 is 15.0 Å². The summed E-state index contributed by atoms with van der Waals surface area (Å²) in [5.41, 5.74) is 4.46. The van der Waals surface area contributed by atoms with Gasteiger partial charge in [0.25, 0.3) is 0 Å². The minimum Gasteiger partial charge on any atom is -0.495 e. The van der Waals surface area contributed by atoms with Gasteiger partial charge in [0.2, 0.25) is 0 Å². The Kier molecular flexibility index (Phi) is 6.60. The number of benzene rings is 1. The van der Waals surface area contributed by atoms with Gasteiger partial charge in [0.05, 0.1) is 18.5 Å². The summed E-state index contributed by atoms with van der Waals surface area (Å²) >= 11 is 0. The van der Waals surface area contributed by atoms with Gasteiger partial charge in [0, 0.05) is 58.1 Å². The van der Waals surface area contributed by atoms with E-state index in [9.17, 15) is 0 Å². The Balaban J connectivity index is 1.38. The molecule has 0 unspecified atom stereocenters. The van der Waals surface area contributed by atoms with Gasteiger partial charge in [-0.15, -0.1) is 0 Å². The Labute approximate surface area is 184 Å². The SMILES string of the molecule is CCNC(=NCCc1cn2cccc(C)c2n1)N1CCN(c2ccccc2OC)CC1. The van der Waals surface area contributed by atoms with Crippen molar-refractivity contribution in [1.29, 1.82) is 0 Å². The summed E-state index contributed by atoms with van der Waals surface area (Å²) in [6, 6.07) is 12.4. The van der Waals surface area contributed by atoms with Crippen LogP contribution in [-0.4, -0.2) is 66.6 Å². The fraction of sp³-hybridized carbons (Fsp3) is 0.417. The molecule has 0 amide bonds. The molecule has 2 aromatic heterocycles. The van der Waals surface area contributed by atoms with Crippen LogP contribution in [0.1, 0.15) is 18.2 Å². The zero-order valence-electron chi connectivity index (χ0n) is 18.7. The van der Waals surface area contributed by atoms with Crippen molar-refractivity contribution in [3.8, 4) is 5.75 Å². The number of ether oxygens (including phenoxy) is 1. The second-order valence-electron chi connectivity index (χ2n) is 7.79. The van der Waals surface area contributed by atoms with E-state index in [0.717, 1.165) is 74.4 Å². The first kappa shape index (κ1) is 21.0. The maximum atomic E-state index is 5.54. The number of pyridine rings is 1. The zero-order chi connectivity index (χ0) is 21.6. The highest BCUT2D eigenvalue weighted by Gasteiger charge is 2.21. The van der Waals surface area contributed by atoms with E-state index in [2.05, 4.69) is 63.8 Å². The van der Waals surface area contributed by atoms with Crippen LogP contribution in [0.5, 0.6) is 5.75 Å². The Bertz CT molecular complexity index is 1040. The molecule has 7 heteroatoms. The average molecular weight is 421 g/mol. The maximum Gasteiger partial charge on any atom is 0.194 e. The van der Waals surface area contributed by atoms with Crippen molar-refractivity contribution in [1.82, 2.24) is 19.6 Å². The minimum atomic E-state index is 0.720. The second-order valence-corrected chi connectivity index (χ2v) is 7.79. The van der Waals surface area contributed by atoms with Crippen LogP contribution >= 0.6 is 0 Å². The smallest absolute Gasteiger partial charge is 0.194 e. The van der Waals surface area contributed by atoms with Gasteiger partial charge in [-0.3, -0.25) is 4.99 Å². The van der Waals surface area contributed by atoms with Crippen molar-refractivity contribution in [3.05, 3.63) is 60.0 Å². The first-order chi connectivity index (χ1) is 15.2. The number of nitrogens with zero attached hydrogens (tertiary/aromatic N) is 5. The molecule has 3 heterocycles. The third-order valence-corrected chi connectivity index (χ3v) is 5.70. The normalized spacial score (nSPS) is 14.9. The summed E-state index contributed by atoms with van der Waals surface area (Å²) in [6.45, 7) is 9.53. The van der Waals surface area contributed by atoms with Gasteiger partial charge in [-0.2, -0.15) is 0 Å². The molecule has 1 fully saturated rings. The highest BCUT2D eigenvalue weighted by Crippen LogP contribution is 2.28. The monoisotopic (exact) mass is 420 g/mol. The van der Waals surface area contributed by atoms with E-state index in [0.29, 0.717) is 0 Å². The van der Waals surface area contributed by atoms with Crippen LogP contribution in [0.15, 0.2) is 53.8 Å². The molecule has 3 aromatic rings. The number of aryl methyl sites for hydroxylation is 1. The number of piperazine rings is 1. The molecular formula is C24H32N6O. The summed E-state index contributed by atoms with van der Waals surface area (Å²) in [4.78, 5) is 14.4. The molecule has 1 N–H and O–H groups in total. The molecule has 1 aliphatic rings. The molecule has 0 bridgehead atoms. The zero-order valence-corrected chi connectivity index (χ0v) is 18.7. The predicted molar refractivity (Wildman–Crippen MR) is 126 cm³/mol. The van der Waals surface area contributed by atoms with Crippen molar-refractivity contribution in [3.63, 3.8) is 0 Å². The Morgan fingerprint density at radius 3 is 2.68 bits per heavy atom. The molecule has 0 aliphatic carbocycles. The van der Waals surface area contributed by atoms with E-state index in [1.807, 2.05) is 18.3 Å². The number of hydrogen-bond acceptors (Lipinski definition) is 4. The Morgan fingerprint density at radius 1 is 1.13 bits per heavy atom. The summed E-state index contributed by atoms with van der Waals surface area (Å²) in [7, 11) is 1.73. The number of para-hydroxylation sites is 2. The van der Waals surface area contributed by atoms with Gasteiger partial charge in [-0.05, 0) is 37.6 Å². The van der Waals surface area contributed by atoms with Crippen LogP contribution in [-0.2, 0) is 6.42 Å². The molecule has 0 atom stereocenters. The van der Waals surface area contributed by atoms with E-state index < -0.39 is 0 Å². The molecular weight excluding hydrogens is 388 g/mol. The molecule has 4 rings (SSSR count). The summed E-state index contributed by atoms with van der Waals surface area (Å²) in [5.74, 6) is 1.92. The van der Waals surface area contributed by atoms with E-state index in [-0.39, 0.29) is 0 Å². The first-order valence-corrected chi connectivity index (χ1v) is 11.0. The Morgan fingerprint density at radius 2 is 1.94 bits per heavy atom. The van der Waals surface area contributed by atoms with E-state index >= 15 is 0 Å². The minimum absolute atomic E-state index is 0.720. The van der Waals surface area contributed by atoms with Crippen molar-refractivity contribution in [2.75, 3.05) is 51.3 Å². The highest BCUT2D eigenvalue weighted by molar-refractivity contribution is 5.80. The molecule has 1 aliphatic heterocycles. The summed E-state index contributed by atoms with van der Waals surface area (Å²) < 4.78 is 7.63. The van der Waals surface area contributed by atoms with E-state index in [1.54, 1.807) is 7.11 Å². The maximum absolute atomic E-state index is 5.54. The number of rotatable bonds is 6. The second kappa shape index (κ2) is 9.73. The van der Waals surface area contributed by atoms with Crippen molar-refractivity contribution in [2.24, 2.45) is 4.99 Å². The van der Waals surface area contributed by atoms with Gasteiger partial charge in [-0.1, -0.05) is 18.2 Å². The van der Waals surface area contributed by atoms with Crippen LogP contribution in [0.3, 0.4) is 0 Å². The lowest BCUT2D eigenvalue weighted by Gasteiger charge is -2.38. The van der Waals surface area contributed by atoms with Crippen LogP contribution in [0.25, 0.3) is 5.65 Å². The van der Waals surface area contributed by atoms with Gasteiger partial charge in [-0.25, -0.2) is 4.98 Å². The van der Waals surface area contributed by atoms with Crippen molar-refractivity contribution in [2.45, 2.75) is 20.3 Å². The number of guanidine groups is 1. The molecule has 0 saturated carbocycles. The van der Waals surface area contributed by atoms with Crippen molar-refractivity contribution >= 4 is 17.3 Å². The quantitative estimate of drug-likeness (QED) is 0.491. The predicted octanol–water partition coefficient (Wildman–Crippen LogP) is 2.98. The molecule has 164 valence electrons. The third kappa shape index (κ3) is 4.76.